The summed E-state index contributed by atoms with van der Waals surface area (Å²) in [6.07, 6.45) is 4.04. The van der Waals surface area contributed by atoms with E-state index in [4.69, 9.17) is 0 Å². The molecule has 0 bridgehead atoms. The Kier molecular flexibility index (Phi) is 2.82. The number of aromatic nitrogens is 1. The van der Waals surface area contributed by atoms with Gasteiger partial charge in [-0.25, -0.2) is 0 Å². The zero-order valence-electron chi connectivity index (χ0n) is 12.2. The van der Waals surface area contributed by atoms with Crippen molar-refractivity contribution in [3.05, 3.63) is 48.7 Å². The van der Waals surface area contributed by atoms with Gasteiger partial charge in [0.15, 0.2) is 0 Å². The van der Waals surface area contributed by atoms with Crippen LogP contribution in [0.1, 0.15) is 6.42 Å². The molecule has 4 nitrogen and oxygen atoms in total. The molecule has 108 valence electrons. The molecule has 0 radical (unpaired) electrons. The van der Waals surface area contributed by atoms with E-state index in [9.17, 15) is 4.79 Å². The van der Waals surface area contributed by atoms with Crippen molar-refractivity contribution in [2.24, 2.45) is 12.0 Å². The molecule has 3 aromatic rings. The molecule has 4 rings (SSSR count). The van der Waals surface area contributed by atoms with E-state index >= 15 is 0 Å². The van der Waals surface area contributed by atoms with Crippen LogP contribution in [0.3, 0.4) is 0 Å². The topological polar surface area (TPSA) is 46.4 Å². The van der Waals surface area contributed by atoms with Crippen LogP contribution in [0.4, 0.5) is 11.4 Å². The van der Waals surface area contributed by atoms with E-state index in [-0.39, 0.29) is 5.91 Å². The number of benzene rings is 2. The average Bonchev–Trinajstić information content (AvgIpc) is 2.77. The SMILES string of the molecule is Cn1ccc2cc(-c3cccc4c3N=CCC(=O)N4)ccc21. The number of carbonyl (C=O) groups is 1. The Morgan fingerprint density at radius 2 is 2.09 bits per heavy atom. The zero-order chi connectivity index (χ0) is 15.1. The fourth-order valence-electron chi connectivity index (χ4n) is 2.89. The minimum atomic E-state index is -0.0295. The van der Waals surface area contributed by atoms with Crippen molar-refractivity contribution in [3.63, 3.8) is 0 Å². The minimum absolute atomic E-state index is 0.0295. The van der Waals surface area contributed by atoms with E-state index < -0.39 is 0 Å². The maximum absolute atomic E-state index is 11.7. The van der Waals surface area contributed by atoms with Crippen LogP contribution in [-0.4, -0.2) is 16.7 Å². The summed E-state index contributed by atoms with van der Waals surface area (Å²) in [6.45, 7) is 0. The molecule has 0 fully saturated rings. The fraction of sp³-hybridized carbons (Fsp3) is 0.111. The van der Waals surface area contributed by atoms with Crippen molar-refractivity contribution in [2.75, 3.05) is 5.32 Å². The number of anilines is 1. The lowest BCUT2D eigenvalue weighted by Gasteiger charge is -2.11. The van der Waals surface area contributed by atoms with Gasteiger partial charge < -0.3 is 9.88 Å². The lowest BCUT2D eigenvalue weighted by atomic mass is 10.0. The Balaban J connectivity index is 1.91. The summed E-state index contributed by atoms with van der Waals surface area (Å²) in [6, 6.07) is 14.4. The van der Waals surface area contributed by atoms with E-state index in [1.165, 1.54) is 10.9 Å². The van der Waals surface area contributed by atoms with Crippen LogP contribution in [-0.2, 0) is 11.8 Å². The number of carbonyl (C=O) groups excluding carboxylic acids is 1. The van der Waals surface area contributed by atoms with Crippen LogP contribution in [0.5, 0.6) is 0 Å². The van der Waals surface area contributed by atoms with E-state index in [1.807, 2.05) is 25.2 Å². The number of amides is 1. The van der Waals surface area contributed by atoms with Gasteiger partial charge in [-0.05, 0) is 29.8 Å². The van der Waals surface area contributed by atoms with E-state index in [0.717, 1.165) is 22.5 Å². The van der Waals surface area contributed by atoms with Crippen molar-refractivity contribution in [1.82, 2.24) is 4.57 Å². The molecule has 0 unspecified atom stereocenters. The molecule has 1 amide bonds. The predicted octanol–water partition coefficient (Wildman–Crippen LogP) is 3.89. The second-order valence-electron chi connectivity index (χ2n) is 5.47. The molecule has 22 heavy (non-hydrogen) atoms. The lowest BCUT2D eigenvalue weighted by molar-refractivity contribution is -0.115. The first kappa shape index (κ1) is 12.8. The second kappa shape index (κ2) is 4.84. The van der Waals surface area contributed by atoms with Crippen LogP contribution in [0, 0.1) is 0 Å². The molecule has 0 saturated heterocycles. The van der Waals surface area contributed by atoms with Gasteiger partial charge in [-0.15, -0.1) is 0 Å². The first-order chi connectivity index (χ1) is 10.7. The fourth-order valence-corrected chi connectivity index (χ4v) is 2.89. The van der Waals surface area contributed by atoms with Gasteiger partial charge in [-0.3, -0.25) is 9.79 Å². The minimum Gasteiger partial charge on any atom is -0.351 e. The van der Waals surface area contributed by atoms with Gasteiger partial charge >= 0.3 is 0 Å². The largest absolute Gasteiger partial charge is 0.351 e. The summed E-state index contributed by atoms with van der Waals surface area (Å²) >= 11 is 0. The third-order valence-electron chi connectivity index (χ3n) is 4.00. The molecular weight excluding hydrogens is 274 g/mol. The van der Waals surface area contributed by atoms with Crippen molar-refractivity contribution in [3.8, 4) is 11.1 Å². The molecular formula is C18H15N3O. The predicted molar refractivity (Wildman–Crippen MR) is 89.8 cm³/mol. The third kappa shape index (κ3) is 2.00. The molecule has 1 aliphatic rings. The van der Waals surface area contributed by atoms with Crippen molar-refractivity contribution in [1.29, 1.82) is 0 Å². The highest BCUT2D eigenvalue weighted by atomic mass is 16.1. The van der Waals surface area contributed by atoms with Crippen molar-refractivity contribution >= 4 is 34.4 Å². The van der Waals surface area contributed by atoms with Gasteiger partial charge in [0.25, 0.3) is 0 Å². The smallest absolute Gasteiger partial charge is 0.229 e. The normalized spacial score (nSPS) is 13.8. The van der Waals surface area contributed by atoms with Gasteiger partial charge in [-0.1, -0.05) is 18.2 Å². The zero-order valence-corrected chi connectivity index (χ0v) is 12.2. The molecule has 1 N–H and O–H groups in total. The molecule has 0 saturated carbocycles. The summed E-state index contributed by atoms with van der Waals surface area (Å²) in [5.74, 6) is -0.0295. The summed E-state index contributed by atoms with van der Waals surface area (Å²) in [7, 11) is 2.04. The Morgan fingerprint density at radius 1 is 1.18 bits per heavy atom. The van der Waals surface area contributed by atoms with Gasteiger partial charge in [0.2, 0.25) is 5.91 Å². The average molecular weight is 289 g/mol. The summed E-state index contributed by atoms with van der Waals surface area (Å²) in [5, 5.41) is 4.10. The Morgan fingerprint density at radius 3 is 3.00 bits per heavy atom. The van der Waals surface area contributed by atoms with E-state index in [1.54, 1.807) is 6.21 Å². The molecule has 1 aromatic heterocycles. The summed E-state index contributed by atoms with van der Waals surface area (Å²) < 4.78 is 2.10. The number of nitrogens with zero attached hydrogens (tertiary/aromatic N) is 2. The number of aryl methyl sites for hydroxylation is 1. The highest BCUT2D eigenvalue weighted by Crippen LogP contribution is 2.38. The summed E-state index contributed by atoms with van der Waals surface area (Å²) in [4.78, 5) is 16.2. The quantitative estimate of drug-likeness (QED) is 0.726. The number of rotatable bonds is 1. The van der Waals surface area contributed by atoms with Crippen LogP contribution in [0.15, 0.2) is 53.7 Å². The molecule has 0 aliphatic carbocycles. The highest BCUT2D eigenvalue weighted by Gasteiger charge is 2.14. The van der Waals surface area contributed by atoms with Crippen LogP contribution in [0.2, 0.25) is 0 Å². The van der Waals surface area contributed by atoms with E-state index in [2.05, 4.69) is 45.3 Å². The van der Waals surface area contributed by atoms with Crippen molar-refractivity contribution < 1.29 is 4.79 Å². The second-order valence-corrected chi connectivity index (χ2v) is 5.47. The van der Waals surface area contributed by atoms with Crippen LogP contribution >= 0.6 is 0 Å². The summed E-state index contributed by atoms with van der Waals surface area (Å²) in [5.41, 5.74) is 4.92. The standard InChI is InChI=1S/C18H15N3O/c1-21-10-8-13-11-12(5-6-16(13)21)14-3-2-4-15-18(14)19-9-7-17(22)20-15/h2-6,8-11H,7H2,1H3,(H,20,22). The van der Waals surface area contributed by atoms with Gasteiger partial charge in [0, 0.05) is 35.9 Å². The first-order valence-electron chi connectivity index (χ1n) is 7.23. The number of hydrogen-bond acceptors (Lipinski definition) is 2. The number of fused-ring (bicyclic) bond motifs is 2. The number of para-hydroxylation sites is 1. The third-order valence-corrected chi connectivity index (χ3v) is 4.00. The molecule has 4 heteroatoms. The van der Waals surface area contributed by atoms with Gasteiger partial charge in [0.05, 0.1) is 17.8 Å². The Labute approximate surface area is 128 Å². The molecule has 2 heterocycles. The molecule has 2 aromatic carbocycles. The molecule has 0 atom stereocenters. The maximum atomic E-state index is 11.7. The van der Waals surface area contributed by atoms with Gasteiger partial charge in [-0.2, -0.15) is 0 Å². The van der Waals surface area contributed by atoms with Gasteiger partial charge in [0.1, 0.15) is 0 Å². The Bertz CT molecular complexity index is 921. The maximum Gasteiger partial charge on any atom is 0.229 e. The number of aliphatic imine (C=N–C) groups is 1. The van der Waals surface area contributed by atoms with Crippen LogP contribution in [0.25, 0.3) is 22.0 Å². The molecule has 0 spiro atoms. The van der Waals surface area contributed by atoms with Crippen LogP contribution < -0.4 is 5.32 Å². The van der Waals surface area contributed by atoms with Crippen molar-refractivity contribution in [2.45, 2.75) is 6.42 Å². The lowest BCUT2D eigenvalue weighted by Crippen LogP contribution is -2.09. The number of nitrogens with one attached hydrogen (secondary N) is 1. The monoisotopic (exact) mass is 289 g/mol. The number of hydrogen-bond donors (Lipinski definition) is 1. The molecule has 1 aliphatic heterocycles. The Hall–Kier alpha value is -2.88. The first-order valence-corrected chi connectivity index (χ1v) is 7.23. The van der Waals surface area contributed by atoms with E-state index in [0.29, 0.717) is 6.42 Å². The highest BCUT2D eigenvalue weighted by molar-refractivity contribution is 6.06.